The summed E-state index contributed by atoms with van der Waals surface area (Å²) >= 11 is 0. The minimum absolute atomic E-state index is 0.505. The Morgan fingerprint density at radius 3 is 1.30 bits per heavy atom. The first-order chi connectivity index (χ1) is 14.4. The molecule has 0 aliphatic heterocycles. The maximum absolute atomic E-state index is 10.2. The van der Waals surface area contributed by atoms with Gasteiger partial charge in [0.05, 0.1) is 0 Å². The van der Waals surface area contributed by atoms with E-state index >= 15 is 0 Å². The quantitative estimate of drug-likeness (QED) is 0.463. The van der Waals surface area contributed by atoms with Gasteiger partial charge in [-0.15, -0.1) is 0 Å². The number of rotatable bonds is 4. The second-order valence-corrected chi connectivity index (χ2v) is 7.92. The van der Waals surface area contributed by atoms with Crippen molar-refractivity contribution in [3.63, 3.8) is 0 Å². The summed E-state index contributed by atoms with van der Waals surface area (Å²) in [4.78, 5) is 0. The molecule has 0 aliphatic rings. The minimum Gasteiger partial charge on any atom is -0.423 e. The van der Waals surface area contributed by atoms with Crippen LogP contribution in [0.15, 0.2) is 84.9 Å². The standard InChI is InChI=1S/C27H25BO2/c1-18-4-10-21(11-5-18)24-16-17-25(28(29)30)27(23-14-8-20(3)9-15-23)26(24)22-12-6-19(2)7-13-22/h4-17,29-30H,1-3H3. The molecule has 2 N–H and O–H groups in total. The van der Waals surface area contributed by atoms with Crippen LogP contribution < -0.4 is 5.46 Å². The zero-order valence-corrected chi connectivity index (χ0v) is 17.6. The van der Waals surface area contributed by atoms with Gasteiger partial charge in [0, 0.05) is 0 Å². The third-order valence-corrected chi connectivity index (χ3v) is 5.56. The average Bonchev–Trinajstić information content (AvgIpc) is 2.74. The second-order valence-electron chi connectivity index (χ2n) is 7.92. The SMILES string of the molecule is Cc1ccc(-c2ccc(B(O)O)c(-c3ccc(C)cc3)c2-c2ccc(C)cc2)cc1. The van der Waals surface area contributed by atoms with Crippen LogP contribution in [0.2, 0.25) is 0 Å². The van der Waals surface area contributed by atoms with Gasteiger partial charge in [0.25, 0.3) is 0 Å². The van der Waals surface area contributed by atoms with Crippen LogP contribution >= 0.6 is 0 Å². The second kappa shape index (κ2) is 8.31. The Bertz CT molecular complexity index is 1160. The summed E-state index contributed by atoms with van der Waals surface area (Å²) in [7, 11) is -1.56. The number of hydrogen-bond acceptors (Lipinski definition) is 2. The van der Waals surface area contributed by atoms with E-state index in [-0.39, 0.29) is 0 Å². The lowest BCUT2D eigenvalue weighted by molar-refractivity contribution is 0.426. The minimum atomic E-state index is -1.56. The van der Waals surface area contributed by atoms with Crippen molar-refractivity contribution >= 4 is 12.6 Å². The van der Waals surface area contributed by atoms with Gasteiger partial charge in [0.15, 0.2) is 0 Å². The summed E-state index contributed by atoms with van der Waals surface area (Å²) in [6, 6.07) is 28.9. The Morgan fingerprint density at radius 2 is 0.867 bits per heavy atom. The zero-order chi connectivity index (χ0) is 21.3. The van der Waals surface area contributed by atoms with Gasteiger partial charge in [-0.25, -0.2) is 0 Å². The maximum Gasteiger partial charge on any atom is 0.489 e. The van der Waals surface area contributed by atoms with Crippen molar-refractivity contribution in [2.75, 3.05) is 0 Å². The molecule has 4 aromatic rings. The fourth-order valence-electron chi connectivity index (χ4n) is 3.86. The molecule has 4 aromatic carbocycles. The van der Waals surface area contributed by atoms with Crippen molar-refractivity contribution in [2.45, 2.75) is 20.8 Å². The molecule has 3 heteroatoms. The average molecular weight is 392 g/mol. The summed E-state index contributed by atoms with van der Waals surface area (Å²) in [5.41, 5.74) is 10.1. The molecule has 0 radical (unpaired) electrons. The van der Waals surface area contributed by atoms with Gasteiger partial charge in [-0.1, -0.05) is 102 Å². The molecule has 0 amide bonds. The smallest absolute Gasteiger partial charge is 0.423 e. The fourth-order valence-corrected chi connectivity index (χ4v) is 3.86. The molecule has 0 saturated heterocycles. The molecule has 0 aliphatic carbocycles. The molecule has 0 saturated carbocycles. The Kier molecular flexibility index (Phi) is 5.58. The predicted octanol–water partition coefficient (Wildman–Crippen LogP) is 5.29. The van der Waals surface area contributed by atoms with Gasteiger partial charge < -0.3 is 10.0 Å². The molecule has 0 fully saturated rings. The third-order valence-electron chi connectivity index (χ3n) is 5.56. The van der Waals surface area contributed by atoms with Crippen molar-refractivity contribution in [3.05, 3.63) is 102 Å². The molecule has 148 valence electrons. The molecule has 4 rings (SSSR count). The van der Waals surface area contributed by atoms with E-state index < -0.39 is 7.12 Å². The Hall–Kier alpha value is -3.14. The first-order valence-corrected chi connectivity index (χ1v) is 10.2. The lowest BCUT2D eigenvalue weighted by Gasteiger charge is -2.20. The van der Waals surface area contributed by atoms with E-state index in [1.807, 2.05) is 24.3 Å². The first kappa shape index (κ1) is 20.2. The van der Waals surface area contributed by atoms with Crippen molar-refractivity contribution in [3.8, 4) is 33.4 Å². The zero-order valence-electron chi connectivity index (χ0n) is 17.6. The molecule has 2 nitrogen and oxygen atoms in total. The summed E-state index contributed by atoms with van der Waals surface area (Å²) in [5, 5.41) is 20.4. The summed E-state index contributed by atoms with van der Waals surface area (Å²) in [6.45, 7) is 6.20. The first-order valence-electron chi connectivity index (χ1n) is 10.2. The topological polar surface area (TPSA) is 40.5 Å². The van der Waals surface area contributed by atoms with Crippen LogP contribution in [-0.4, -0.2) is 17.2 Å². The van der Waals surface area contributed by atoms with Crippen molar-refractivity contribution in [1.29, 1.82) is 0 Å². The highest BCUT2D eigenvalue weighted by Gasteiger charge is 2.23. The molecule has 0 spiro atoms. The van der Waals surface area contributed by atoms with E-state index in [1.54, 1.807) is 0 Å². The third kappa shape index (κ3) is 3.95. The lowest BCUT2D eigenvalue weighted by atomic mass is 9.71. The monoisotopic (exact) mass is 392 g/mol. The van der Waals surface area contributed by atoms with Crippen LogP contribution in [0.3, 0.4) is 0 Å². The number of hydrogen-bond donors (Lipinski definition) is 2. The van der Waals surface area contributed by atoms with Crippen molar-refractivity contribution in [1.82, 2.24) is 0 Å². The van der Waals surface area contributed by atoms with Crippen LogP contribution in [0, 0.1) is 20.8 Å². The van der Waals surface area contributed by atoms with E-state index in [2.05, 4.69) is 81.4 Å². The van der Waals surface area contributed by atoms with Crippen LogP contribution in [0.1, 0.15) is 16.7 Å². The Morgan fingerprint density at radius 1 is 0.467 bits per heavy atom. The van der Waals surface area contributed by atoms with Gasteiger partial charge in [-0.3, -0.25) is 0 Å². The lowest BCUT2D eigenvalue weighted by Crippen LogP contribution is -2.32. The molecule has 30 heavy (non-hydrogen) atoms. The molecular weight excluding hydrogens is 367 g/mol. The van der Waals surface area contributed by atoms with E-state index in [0.717, 1.165) is 38.9 Å². The van der Waals surface area contributed by atoms with Crippen LogP contribution in [0.4, 0.5) is 0 Å². The molecule has 0 atom stereocenters. The Labute approximate surface area is 178 Å². The summed E-state index contributed by atoms with van der Waals surface area (Å²) < 4.78 is 0. The molecule has 0 bridgehead atoms. The van der Waals surface area contributed by atoms with E-state index in [0.29, 0.717) is 5.46 Å². The van der Waals surface area contributed by atoms with E-state index in [1.165, 1.54) is 11.1 Å². The van der Waals surface area contributed by atoms with Gasteiger partial charge in [0.2, 0.25) is 0 Å². The Balaban J connectivity index is 2.09. The largest absolute Gasteiger partial charge is 0.489 e. The highest BCUT2D eigenvalue weighted by atomic mass is 16.4. The van der Waals surface area contributed by atoms with Gasteiger partial charge in [-0.05, 0) is 59.6 Å². The van der Waals surface area contributed by atoms with Crippen LogP contribution in [0.5, 0.6) is 0 Å². The maximum atomic E-state index is 10.2. The predicted molar refractivity (Wildman–Crippen MR) is 127 cm³/mol. The summed E-state index contributed by atoms with van der Waals surface area (Å²) in [6.07, 6.45) is 0. The molecular formula is C27H25BO2. The highest BCUT2D eigenvalue weighted by Crippen LogP contribution is 2.39. The normalized spacial score (nSPS) is 10.8. The summed E-state index contributed by atoms with van der Waals surface area (Å²) in [5.74, 6) is 0. The number of benzene rings is 4. The van der Waals surface area contributed by atoms with Gasteiger partial charge in [-0.2, -0.15) is 0 Å². The van der Waals surface area contributed by atoms with Crippen LogP contribution in [0.25, 0.3) is 33.4 Å². The number of aryl methyl sites for hydroxylation is 3. The van der Waals surface area contributed by atoms with Crippen LogP contribution in [-0.2, 0) is 0 Å². The molecule has 0 unspecified atom stereocenters. The molecule has 0 aromatic heterocycles. The van der Waals surface area contributed by atoms with Gasteiger partial charge >= 0.3 is 7.12 Å². The fraction of sp³-hybridized carbons (Fsp3) is 0.111. The van der Waals surface area contributed by atoms with Crippen molar-refractivity contribution < 1.29 is 10.0 Å². The molecule has 0 heterocycles. The highest BCUT2D eigenvalue weighted by molar-refractivity contribution is 6.61. The van der Waals surface area contributed by atoms with E-state index in [9.17, 15) is 10.0 Å². The van der Waals surface area contributed by atoms with Gasteiger partial charge in [0.1, 0.15) is 0 Å². The van der Waals surface area contributed by atoms with E-state index in [4.69, 9.17) is 0 Å². The van der Waals surface area contributed by atoms with Crippen molar-refractivity contribution in [2.24, 2.45) is 0 Å².